The molecule has 0 unspecified atom stereocenters. The lowest BCUT2D eigenvalue weighted by atomic mass is 9.80. The Balaban J connectivity index is 0.000000251. The van der Waals surface area contributed by atoms with Gasteiger partial charge in [-0.05, 0) is 25.2 Å². The molecule has 1 saturated heterocycles. The summed E-state index contributed by atoms with van der Waals surface area (Å²) in [5.74, 6) is 2.25. The van der Waals surface area contributed by atoms with Crippen molar-refractivity contribution in [2.75, 3.05) is 13.1 Å². The predicted molar refractivity (Wildman–Crippen MR) is 59.6 cm³/mol. The van der Waals surface area contributed by atoms with E-state index in [2.05, 4.69) is 17.7 Å². The number of hydrogen-bond acceptors (Lipinski definition) is 1. The van der Waals surface area contributed by atoms with Crippen molar-refractivity contribution in [3.8, 4) is 12.3 Å². The minimum atomic E-state index is 0.806. The first-order chi connectivity index (χ1) is 6.33. The topological polar surface area (TPSA) is 12.0 Å². The summed E-state index contributed by atoms with van der Waals surface area (Å²) in [4.78, 5) is 0. The second kappa shape index (κ2) is 6.97. The summed E-state index contributed by atoms with van der Waals surface area (Å²) in [7, 11) is 0. The summed E-state index contributed by atoms with van der Waals surface area (Å²) in [6, 6.07) is 0. The maximum absolute atomic E-state index is 4.60. The normalized spacial score (nSPS) is 21.4. The van der Waals surface area contributed by atoms with Crippen LogP contribution < -0.4 is 5.32 Å². The van der Waals surface area contributed by atoms with Crippen molar-refractivity contribution in [2.45, 2.75) is 46.5 Å². The SMILES string of the molecule is C#CC.C1CCC2(C1)CNC2.CC. The Hall–Kier alpha value is -0.480. The van der Waals surface area contributed by atoms with E-state index in [-0.39, 0.29) is 0 Å². The first kappa shape index (κ1) is 12.5. The average molecular weight is 181 g/mol. The summed E-state index contributed by atoms with van der Waals surface area (Å²) in [5.41, 5.74) is 0.806. The van der Waals surface area contributed by atoms with Gasteiger partial charge in [0, 0.05) is 13.1 Å². The Labute approximate surface area is 83.3 Å². The molecule has 0 bridgehead atoms. The Morgan fingerprint density at radius 2 is 1.54 bits per heavy atom. The van der Waals surface area contributed by atoms with Gasteiger partial charge in [0.05, 0.1) is 0 Å². The maximum Gasteiger partial charge on any atom is 0.00202 e. The van der Waals surface area contributed by atoms with Gasteiger partial charge >= 0.3 is 0 Å². The third kappa shape index (κ3) is 3.83. The molecule has 1 nitrogen and oxygen atoms in total. The highest BCUT2D eigenvalue weighted by Crippen LogP contribution is 2.40. The molecule has 1 heteroatoms. The molecule has 0 radical (unpaired) electrons. The van der Waals surface area contributed by atoms with Crippen LogP contribution in [0.3, 0.4) is 0 Å². The van der Waals surface area contributed by atoms with E-state index >= 15 is 0 Å². The van der Waals surface area contributed by atoms with E-state index in [0.29, 0.717) is 0 Å². The summed E-state index contributed by atoms with van der Waals surface area (Å²) in [6.07, 6.45) is 10.6. The van der Waals surface area contributed by atoms with Gasteiger partial charge in [0.1, 0.15) is 0 Å². The number of hydrogen-bond donors (Lipinski definition) is 1. The van der Waals surface area contributed by atoms with Crippen molar-refractivity contribution in [1.29, 1.82) is 0 Å². The summed E-state index contributed by atoms with van der Waals surface area (Å²) >= 11 is 0. The van der Waals surface area contributed by atoms with Crippen molar-refractivity contribution < 1.29 is 0 Å². The zero-order chi connectivity index (χ0) is 10.2. The molecule has 2 rings (SSSR count). The summed E-state index contributed by atoms with van der Waals surface area (Å²) in [6.45, 7) is 8.28. The van der Waals surface area contributed by atoms with Gasteiger partial charge in [-0.1, -0.05) is 26.7 Å². The fraction of sp³-hybridized carbons (Fsp3) is 0.833. The van der Waals surface area contributed by atoms with E-state index < -0.39 is 0 Å². The van der Waals surface area contributed by atoms with Crippen molar-refractivity contribution >= 4 is 0 Å². The lowest BCUT2D eigenvalue weighted by molar-refractivity contribution is 0.178. The minimum absolute atomic E-state index is 0.806. The second-order valence-electron chi connectivity index (χ2n) is 3.60. The van der Waals surface area contributed by atoms with Crippen LogP contribution >= 0.6 is 0 Å². The number of rotatable bonds is 0. The van der Waals surface area contributed by atoms with Gasteiger partial charge in [0.25, 0.3) is 0 Å². The van der Waals surface area contributed by atoms with Gasteiger partial charge in [0.15, 0.2) is 0 Å². The quantitative estimate of drug-likeness (QED) is 0.567. The molecule has 1 heterocycles. The molecule has 2 aliphatic rings. The second-order valence-corrected chi connectivity index (χ2v) is 3.60. The van der Waals surface area contributed by atoms with E-state index in [9.17, 15) is 0 Å². The zero-order valence-corrected chi connectivity index (χ0v) is 9.32. The lowest BCUT2D eigenvalue weighted by Crippen LogP contribution is -2.51. The first-order valence-corrected chi connectivity index (χ1v) is 5.41. The largest absolute Gasteiger partial charge is 0.316 e. The number of nitrogens with one attached hydrogen (secondary N) is 1. The molecule has 0 aromatic rings. The number of terminal acetylenes is 1. The molecule has 1 saturated carbocycles. The van der Waals surface area contributed by atoms with Crippen LogP contribution in [-0.4, -0.2) is 13.1 Å². The van der Waals surface area contributed by atoms with Gasteiger partial charge in [-0.15, -0.1) is 12.3 Å². The van der Waals surface area contributed by atoms with Gasteiger partial charge in [-0.3, -0.25) is 0 Å². The van der Waals surface area contributed by atoms with Gasteiger partial charge < -0.3 is 5.32 Å². The van der Waals surface area contributed by atoms with Crippen LogP contribution in [0.5, 0.6) is 0 Å². The van der Waals surface area contributed by atoms with Crippen LogP contribution in [0.2, 0.25) is 0 Å². The monoisotopic (exact) mass is 181 g/mol. The Morgan fingerprint density at radius 1 is 1.15 bits per heavy atom. The molecule has 0 aromatic carbocycles. The summed E-state index contributed by atoms with van der Waals surface area (Å²) in [5, 5.41) is 3.34. The molecule has 1 spiro atoms. The average Bonchev–Trinajstić information content (AvgIpc) is 2.56. The minimum Gasteiger partial charge on any atom is -0.316 e. The Bertz CT molecular complexity index is 143. The molecule has 0 aromatic heterocycles. The van der Waals surface area contributed by atoms with Crippen molar-refractivity contribution in [3.05, 3.63) is 0 Å². The van der Waals surface area contributed by atoms with Crippen LogP contribution in [0.15, 0.2) is 0 Å². The van der Waals surface area contributed by atoms with Crippen molar-refractivity contribution in [1.82, 2.24) is 5.32 Å². The molecule has 1 aliphatic heterocycles. The predicted octanol–water partition coefficient (Wildman–Crippen LogP) is 2.82. The lowest BCUT2D eigenvalue weighted by Gasteiger charge is -2.39. The van der Waals surface area contributed by atoms with E-state index in [1.54, 1.807) is 6.92 Å². The molecule has 2 fully saturated rings. The highest BCUT2D eigenvalue weighted by Gasteiger charge is 2.38. The maximum atomic E-state index is 4.60. The first-order valence-electron chi connectivity index (χ1n) is 5.41. The van der Waals surface area contributed by atoms with Crippen LogP contribution in [0.25, 0.3) is 0 Å². The molecule has 76 valence electrons. The third-order valence-corrected chi connectivity index (χ3v) is 2.66. The highest BCUT2D eigenvalue weighted by atomic mass is 15.0. The van der Waals surface area contributed by atoms with E-state index in [1.807, 2.05) is 13.8 Å². The highest BCUT2D eigenvalue weighted by molar-refractivity contribution is 4.95. The van der Waals surface area contributed by atoms with Crippen LogP contribution in [-0.2, 0) is 0 Å². The van der Waals surface area contributed by atoms with Gasteiger partial charge in [-0.25, -0.2) is 0 Å². The molecule has 0 atom stereocenters. The molecule has 1 N–H and O–H groups in total. The molecular formula is C12H23N. The zero-order valence-electron chi connectivity index (χ0n) is 9.32. The van der Waals surface area contributed by atoms with Crippen LogP contribution in [0.1, 0.15) is 46.5 Å². The smallest absolute Gasteiger partial charge is 0.00202 e. The fourth-order valence-electron chi connectivity index (χ4n) is 1.96. The molecule has 0 amide bonds. The van der Waals surface area contributed by atoms with Crippen molar-refractivity contribution in [3.63, 3.8) is 0 Å². The fourth-order valence-corrected chi connectivity index (χ4v) is 1.96. The van der Waals surface area contributed by atoms with E-state index in [0.717, 1.165) is 5.41 Å². The van der Waals surface area contributed by atoms with E-state index in [4.69, 9.17) is 0 Å². The molecular weight excluding hydrogens is 158 g/mol. The summed E-state index contributed by atoms with van der Waals surface area (Å²) < 4.78 is 0. The van der Waals surface area contributed by atoms with Gasteiger partial charge in [-0.2, -0.15) is 0 Å². The van der Waals surface area contributed by atoms with Gasteiger partial charge in [0.2, 0.25) is 0 Å². The third-order valence-electron chi connectivity index (χ3n) is 2.66. The Morgan fingerprint density at radius 3 is 1.69 bits per heavy atom. The Kier molecular flexibility index (Phi) is 6.72. The standard InChI is InChI=1S/C7H13N.C3H4.C2H6/c1-2-4-7(3-1)5-8-6-7;1-3-2;1-2/h8H,1-6H2;1H,2H3;1-2H3. The molecule has 1 aliphatic carbocycles. The van der Waals surface area contributed by atoms with Crippen LogP contribution in [0.4, 0.5) is 0 Å². The van der Waals surface area contributed by atoms with Crippen LogP contribution in [0, 0.1) is 17.8 Å². The molecule has 13 heavy (non-hydrogen) atoms. The van der Waals surface area contributed by atoms with E-state index in [1.165, 1.54) is 38.8 Å². The van der Waals surface area contributed by atoms with Crippen molar-refractivity contribution in [2.24, 2.45) is 5.41 Å².